The summed E-state index contributed by atoms with van der Waals surface area (Å²) >= 11 is 0. The van der Waals surface area contributed by atoms with Crippen LogP contribution < -0.4 is 0 Å². The molecule has 2 heterocycles. The van der Waals surface area contributed by atoms with Crippen LogP contribution in [0.2, 0.25) is 0 Å². The summed E-state index contributed by atoms with van der Waals surface area (Å²) in [7, 11) is -1.68. The number of aryl methyl sites for hydroxylation is 4. The Morgan fingerprint density at radius 3 is 2.45 bits per heavy atom. The van der Waals surface area contributed by atoms with Crippen LogP contribution in [0, 0.1) is 20.8 Å². The Morgan fingerprint density at radius 2 is 1.71 bits per heavy atom. The largest absolute Gasteiger partial charge is 0.370 e. The van der Waals surface area contributed by atoms with Crippen molar-refractivity contribution in [3.63, 3.8) is 0 Å². The summed E-state index contributed by atoms with van der Waals surface area (Å²) in [6.07, 6.45) is 0.640. The van der Waals surface area contributed by atoms with Gasteiger partial charge in [-0.3, -0.25) is 4.68 Å². The van der Waals surface area contributed by atoms with Crippen molar-refractivity contribution in [3.8, 4) is 0 Å². The van der Waals surface area contributed by atoms with Gasteiger partial charge in [0.2, 0.25) is 10.0 Å². The van der Waals surface area contributed by atoms with Gasteiger partial charge in [0.15, 0.2) is 0 Å². The topological polar surface area (TPSA) is 64.4 Å². The highest BCUT2D eigenvalue weighted by Gasteiger charge is 2.33. The van der Waals surface area contributed by atoms with E-state index in [-0.39, 0.29) is 0 Å². The molecule has 0 radical (unpaired) electrons. The zero-order valence-corrected chi connectivity index (χ0v) is 19.4. The Kier molecular flexibility index (Phi) is 6.01. The van der Waals surface area contributed by atoms with Crippen molar-refractivity contribution in [2.45, 2.75) is 51.8 Å². The van der Waals surface area contributed by atoms with E-state index >= 15 is 0 Å². The molecule has 6 nitrogen and oxygen atoms in total. The molecule has 31 heavy (non-hydrogen) atoms. The summed E-state index contributed by atoms with van der Waals surface area (Å²) in [5.41, 5.74) is 6.83. The van der Waals surface area contributed by atoms with E-state index in [1.54, 1.807) is 10.4 Å². The Bertz CT molecular complexity index is 1200. The van der Waals surface area contributed by atoms with Crippen LogP contribution in [0.5, 0.6) is 0 Å². The molecule has 0 aliphatic carbocycles. The molecule has 164 valence electrons. The van der Waals surface area contributed by atoms with Crippen LogP contribution in [0.1, 0.15) is 39.2 Å². The average molecular weight is 440 g/mol. The molecular formula is C24H29N3O3S. The molecule has 2 aromatic carbocycles. The number of benzene rings is 2. The van der Waals surface area contributed by atoms with Crippen molar-refractivity contribution < 1.29 is 13.2 Å². The average Bonchev–Trinajstić information content (AvgIpc) is 3.06. The van der Waals surface area contributed by atoms with Gasteiger partial charge in [-0.25, -0.2) is 8.42 Å². The lowest BCUT2D eigenvalue weighted by molar-refractivity contribution is 0.103. The van der Waals surface area contributed by atoms with Crippen molar-refractivity contribution >= 4 is 10.0 Å². The highest BCUT2D eigenvalue weighted by Crippen LogP contribution is 2.30. The lowest BCUT2D eigenvalue weighted by Crippen LogP contribution is -2.36. The first-order valence-corrected chi connectivity index (χ1v) is 11.9. The number of hydrogen-bond donors (Lipinski definition) is 0. The Labute approximate surface area is 184 Å². The summed E-state index contributed by atoms with van der Waals surface area (Å²) in [5.74, 6) is 0. The van der Waals surface area contributed by atoms with Gasteiger partial charge in [-0.15, -0.1) is 0 Å². The first-order valence-electron chi connectivity index (χ1n) is 10.5. The molecule has 1 aromatic heterocycles. The third kappa shape index (κ3) is 4.31. The summed E-state index contributed by atoms with van der Waals surface area (Å²) in [6, 6.07) is 13.7. The smallest absolute Gasteiger partial charge is 0.243 e. The van der Waals surface area contributed by atoms with Crippen LogP contribution in [0.25, 0.3) is 0 Å². The highest BCUT2D eigenvalue weighted by molar-refractivity contribution is 7.89. The van der Waals surface area contributed by atoms with E-state index in [2.05, 4.69) is 5.10 Å². The maximum absolute atomic E-state index is 13.5. The molecule has 4 rings (SSSR count). The van der Waals surface area contributed by atoms with E-state index in [0.717, 1.165) is 39.2 Å². The summed E-state index contributed by atoms with van der Waals surface area (Å²) in [5, 5.41) is 4.63. The van der Waals surface area contributed by atoms with E-state index in [4.69, 9.17) is 4.74 Å². The Hall–Kier alpha value is -2.48. The van der Waals surface area contributed by atoms with Gasteiger partial charge >= 0.3 is 0 Å². The fourth-order valence-electron chi connectivity index (χ4n) is 4.16. The van der Waals surface area contributed by atoms with Crippen LogP contribution >= 0.6 is 0 Å². The Morgan fingerprint density at radius 1 is 1.00 bits per heavy atom. The monoisotopic (exact) mass is 439 g/mol. The minimum Gasteiger partial charge on any atom is -0.370 e. The molecule has 7 heteroatoms. The number of sulfonamides is 1. The molecule has 3 aromatic rings. The van der Waals surface area contributed by atoms with Gasteiger partial charge < -0.3 is 4.74 Å². The number of nitrogens with zero attached hydrogens (tertiary/aromatic N) is 3. The maximum atomic E-state index is 13.5. The van der Waals surface area contributed by atoms with Crippen LogP contribution in [0.3, 0.4) is 0 Å². The second-order valence-corrected chi connectivity index (χ2v) is 10.2. The minimum absolute atomic E-state index is 0.321. The van der Waals surface area contributed by atoms with Gasteiger partial charge in [-0.1, -0.05) is 36.4 Å². The van der Waals surface area contributed by atoms with E-state index < -0.39 is 10.0 Å². The molecule has 0 N–H and O–H groups in total. The lowest BCUT2D eigenvalue weighted by Gasteiger charge is -2.28. The number of ether oxygens (including phenoxy) is 1. The second kappa shape index (κ2) is 8.57. The first-order chi connectivity index (χ1) is 14.8. The predicted molar refractivity (Wildman–Crippen MR) is 120 cm³/mol. The van der Waals surface area contributed by atoms with Gasteiger partial charge in [-0.2, -0.15) is 9.40 Å². The molecule has 0 saturated carbocycles. The van der Waals surface area contributed by atoms with Crippen LogP contribution in [0.4, 0.5) is 0 Å². The van der Waals surface area contributed by atoms with Gasteiger partial charge in [0.05, 0.1) is 23.8 Å². The van der Waals surface area contributed by atoms with Crippen LogP contribution in [-0.4, -0.2) is 29.0 Å². The predicted octanol–water partition coefficient (Wildman–Crippen LogP) is 3.81. The van der Waals surface area contributed by atoms with Gasteiger partial charge in [0.1, 0.15) is 0 Å². The summed E-state index contributed by atoms with van der Waals surface area (Å²) < 4.78 is 36.3. The minimum atomic E-state index is -3.59. The third-order valence-electron chi connectivity index (χ3n) is 6.05. The number of hydrogen-bond acceptors (Lipinski definition) is 4. The van der Waals surface area contributed by atoms with E-state index in [9.17, 15) is 8.42 Å². The van der Waals surface area contributed by atoms with Crippen molar-refractivity contribution in [2.75, 3.05) is 6.54 Å². The van der Waals surface area contributed by atoms with Crippen molar-refractivity contribution in [1.82, 2.24) is 14.1 Å². The van der Waals surface area contributed by atoms with E-state index in [1.165, 1.54) is 0 Å². The zero-order valence-electron chi connectivity index (χ0n) is 18.6. The summed E-state index contributed by atoms with van der Waals surface area (Å²) in [4.78, 5) is 0.393. The van der Waals surface area contributed by atoms with Crippen LogP contribution in [-0.2, 0) is 48.0 Å². The molecule has 0 saturated heterocycles. The molecule has 0 amide bonds. The van der Waals surface area contributed by atoms with Gasteiger partial charge in [0, 0.05) is 37.8 Å². The molecular weight excluding hydrogens is 410 g/mol. The number of fused-ring (bicyclic) bond motifs is 1. The SMILES string of the molecule is Cc1cc(C)c(S(=O)(=O)N2CCc3c(c(COCc4ccccc4)nn3C)C2)cc1C. The number of aromatic nitrogens is 2. The highest BCUT2D eigenvalue weighted by atomic mass is 32.2. The maximum Gasteiger partial charge on any atom is 0.243 e. The lowest BCUT2D eigenvalue weighted by atomic mass is 10.1. The second-order valence-electron chi connectivity index (χ2n) is 8.26. The molecule has 1 aliphatic heterocycles. The first kappa shape index (κ1) is 21.7. The van der Waals surface area contributed by atoms with E-state index in [0.29, 0.717) is 37.6 Å². The van der Waals surface area contributed by atoms with Crippen molar-refractivity contribution in [2.24, 2.45) is 7.05 Å². The fourth-order valence-corrected chi connectivity index (χ4v) is 5.86. The Balaban J connectivity index is 1.56. The van der Waals surface area contributed by atoms with Crippen LogP contribution in [0.15, 0.2) is 47.4 Å². The molecule has 0 bridgehead atoms. The molecule has 0 unspecified atom stereocenters. The van der Waals surface area contributed by atoms with E-state index in [1.807, 2.05) is 68.9 Å². The van der Waals surface area contributed by atoms with Gasteiger partial charge in [0.25, 0.3) is 0 Å². The quantitative estimate of drug-likeness (QED) is 0.586. The van der Waals surface area contributed by atoms with Crippen molar-refractivity contribution in [1.29, 1.82) is 0 Å². The molecule has 0 fully saturated rings. The third-order valence-corrected chi connectivity index (χ3v) is 8.04. The molecule has 1 aliphatic rings. The zero-order chi connectivity index (χ0) is 22.2. The standard InChI is InChI=1S/C24H29N3O3S/c1-17-12-19(3)24(13-18(17)2)31(28,29)27-11-10-23-21(14-27)22(25-26(23)4)16-30-15-20-8-6-5-7-9-20/h5-9,12-13H,10-11,14-16H2,1-4H3. The fraction of sp³-hybridized carbons (Fsp3) is 0.375. The number of rotatable bonds is 6. The van der Waals surface area contributed by atoms with Gasteiger partial charge in [-0.05, 0) is 49.1 Å². The molecule has 0 atom stereocenters. The van der Waals surface area contributed by atoms with Crippen molar-refractivity contribution in [3.05, 3.63) is 81.7 Å². The normalized spacial score (nSPS) is 14.6. The summed E-state index contributed by atoms with van der Waals surface area (Å²) in [6.45, 7) is 7.44. The molecule has 0 spiro atoms.